The predicted molar refractivity (Wildman–Crippen MR) is 96.7 cm³/mol. The van der Waals surface area contributed by atoms with Crippen molar-refractivity contribution >= 4 is 22.5 Å². The van der Waals surface area contributed by atoms with E-state index in [0.717, 1.165) is 54.9 Å². The molecule has 6 nitrogen and oxygen atoms in total. The van der Waals surface area contributed by atoms with Crippen LogP contribution in [0.1, 0.15) is 17.5 Å². The van der Waals surface area contributed by atoms with E-state index in [9.17, 15) is 0 Å². The Morgan fingerprint density at radius 3 is 3.08 bits per heavy atom. The van der Waals surface area contributed by atoms with Gasteiger partial charge in [0.2, 0.25) is 0 Å². The molecule has 1 saturated heterocycles. The van der Waals surface area contributed by atoms with Crippen LogP contribution in [0.3, 0.4) is 0 Å². The smallest absolute Gasteiger partial charge is 0.142 e. The number of fused-ring (bicyclic) bond motifs is 2. The standard InChI is InChI=1S/C19H18N6/c20-10-13-1-2-17-14(9-13)4-8-25(17)15-5-7-24(11-15)19-16-3-6-21-18(16)22-12-23-19/h1-3,6,9,12,15H,4-5,7-8,11H2,(H,21,22,23). The van der Waals surface area contributed by atoms with Crippen molar-refractivity contribution in [2.24, 2.45) is 0 Å². The van der Waals surface area contributed by atoms with Crippen molar-refractivity contribution in [1.82, 2.24) is 15.0 Å². The lowest BCUT2D eigenvalue weighted by Crippen LogP contribution is -2.36. The number of nitrogens with zero attached hydrogens (tertiary/aromatic N) is 5. The molecule has 0 bridgehead atoms. The normalized spacial score (nSPS) is 19.4. The molecule has 4 heterocycles. The van der Waals surface area contributed by atoms with Gasteiger partial charge in [-0.25, -0.2) is 9.97 Å². The molecular formula is C19H18N6. The molecule has 5 rings (SSSR count). The van der Waals surface area contributed by atoms with Crippen LogP contribution < -0.4 is 9.80 Å². The average Bonchev–Trinajstić information content (AvgIpc) is 3.38. The zero-order valence-corrected chi connectivity index (χ0v) is 13.8. The van der Waals surface area contributed by atoms with Gasteiger partial charge in [-0.15, -0.1) is 0 Å². The number of anilines is 2. The monoisotopic (exact) mass is 330 g/mol. The molecule has 25 heavy (non-hydrogen) atoms. The van der Waals surface area contributed by atoms with Gasteiger partial charge in [-0.2, -0.15) is 5.26 Å². The van der Waals surface area contributed by atoms with Crippen LogP contribution in [0.15, 0.2) is 36.8 Å². The van der Waals surface area contributed by atoms with Gasteiger partial charge in [0.15, 0.2) is 0 Å². The molecule has 124 valence electrons. The van der Waals surface area contributed by atoms with E-state index >= 15 is 0 Å². The molecule has 0 saturated carbocycles. The SMILES string of the molecule is N#Cc1ccc2c(c1)CCN2C1CCN(c2ncnc3[nH]ccc23)C1. The number of hydrogen-bond donors (Lipinski definition) is 1. The van der Waals surface area contributed by atoms with E-state index in [1.165, 1.54) is 11.3 Å². The lowest BCUT2D eigenvalue weighted by molar-refractivity contribution is 0.659. The molecule has 0 aliphatic carbocycles. The molecule has 1 unspecified atom stereocenters. The first-order chi connectivity index (χ1) is 12.3. The molecule has 1 fully saturated rings. The molecule has 3 aromatic rings. The van der Waals surface area contributed by atoms with E-state index in [4.69, 9.17) is 5.26 Å². The Hall–Kier alpha value is -3.07. The van der Waals surface area contributed by atoms with Crippen molar-refractivity contribution in [3.8, 4) is 6.07 Å². The second-order valence-electron chi connectivity index (χ2n) is 6.72. The fourth-order valence-electron chi connectivity index (χ4n) is 4.18. The van der Waals surface area contributed by atoms with Crippen LogP contribution in [-0.4, -0.2) is 40.6 Å². The Morgan fingerprint density at radius 1 is 1.20 bits per heavy atom. The quantitative estimate of drug-likeness (QED) is 0.781. The Kier molecular flexibility index (Phi) is 3.14. The first kappa shape index (κ1) is 14.3. The molecule has 2 aliphatic rings. The minimum absolute atomic E-state index is 0.484. The van der Waals surface area contributed by atoms with Crippen molar-refractivity contribution in [3.05, 3.63) is 47.9 Å². The maximum Gasteiger partial charge on any atom is 0.142 e. The summed E-state index contributed by atoms with van der Waals surface area (Å²) < 4.78 is 0. The molecule has 0 spiro atoms. The van der Waals surface area contributed by atoms with E-state index in [0.29, 0.717) is 6.04 Å². The summed E-state index contributed by atoms with van der Waals surface area (Å²) in [6.07, 6.45) is 5.70. The summed E-state index contributed by atoms with van der Waals surface area (Å²) in [5, 5.41) is 10.2. The van der Waals surface area contributed by atoms with Crippen LogP contribution in [0.2, 0.25) is 0 Å². The minimum atomic E-state index is 0.484. The van der Waals surface area contributed by atoms with Gasteiger partial charge >= 0.3 is 0 Å². The highest BCUT2D eigenvalue weighted by molar-refractivity contribution is 5.87. The zero-order valence-electron chi connectivity index (χ0n) is 13.8. The van der Waals surface area contributed by atoms with Crippen molar-refractivity contribution < 1.29 is 0 Å². The van der Waals surface area contributed by atoms with Crippen molar-refractivity contribution in [2.45, 2.75) is 18.9 Å². The first-order valence-electron chi connectivity index (χ1n) is 8.66. The number of nitriles is 1. The Bertz CT molecular complexity index is 985. The molecule has 1 N–H and O–H groups in total. The third kappa shape index (κ3) is 2.23. The number of aromatic amines is 1. The Balaban J connectivity index is 1.41. The van der Waals surface area contributed by atoms with E-state index < -0.39 is 0 Å². The lowest BCUT2D eigenvalue weighted by Gasteiger charge is -2.27. The van der Waals surface area contributed by atoms with Gasteiger partial charge in [-0.1, -0.05) is 0 Å². The van der Waals surface area contributed by atoms with Crippen molar-refractivity contribution in [3.63, 3.8) is 0 Å². The fourth-order valence-corrected chi connectivity index (χ4v) is 4.18. The molecule has 1 aromatic carbocycles. The maximum absolute atomic E-state index is 9.09. The van der Waals surface area contributed by atoms with Crippen LogP contribution in [0.25, 0.3) is 11.0 Å². The fraction of sp³-hybridized carbons (Fsp3) is 0.316. The summed E-state index contributed by atoms with van der Waals surface area (Å²) in [7, 11) is 0. The van der Waals surface area contributed by atoms with Gasteiger partial charge in [-0.05, 0) is 42.7 Å². The molecule has 2 aliphatic heterocycles. The third-order valence-electron chi connectivity index (χ3n) is 5.38. The second-order valence-corrected chi connectivity index (χ2v) is 6.72. The van der Waals surface area contributed by atoms with Gasteiger partial charge in [-0.3, -0.25) is 0 Å². The van der Waals surface area contributed by atoms with E-state index in [1.807, 2.05) is 24.4 Å². The largest absolute Gasteiger partial charge is 0.366 e. The van der Waals surface area contributed by atoms with Crippen LogP contribution in [-0.2, 0) is 6.42 Å². The highest BCUT2D eigenvalue weighted by Gasteiger charge is 2.32. The summed E-state index contributed by atoms with van der Waals surface area (Å²) in [6.45, 7) is 3.01. The lowest BCUT2D eigenvalue weighted by atomic mass is 10.1. The van der Waals surface area contributed by atoms with E-state index in [1.54, 1.807) is 6.33 Å². The third-order valence-corrected chi connectivity index (χ3v) is 5.38. The van der Waals surface area contributed by atoms with Gasteiger partial charge in [0.05, 0.1) is 17.0 Å². The number of nitrogens with one attached hydrogen (secondary N) is 1. The first-order valence-corrected chi connectivity index (χ1v) is 8.66. The average molecular weight is 330 g/mol. The second kappa shape index (κ2) is 5.49. The molecule has 1 atom stereocenters. The van der Waals surface area contributed by atoms with Crippen LogP contribution in [0, 0.1) is 11.3 Å². The number of H-pyrrole nitrogens is 1. The van der Waals surface area contributed by atoms with Crippen molar-refractivity contribution in [1.29, 1.82) is 5.26 Å². The highest BCUT2D eigenvalue weighted by Crippen LogP contribution is 2.34. The predicted octanol–water partition coefficient (Wildman–Crippen LogP) is 2.47. The summed E-state index contributed by atoms with van der Waals surface area (Å²) >= 11 is 0. The van der Waals surface area contributed by atoms with Crippen molar-refractivity contribution in [2.75, 3.05) is 29.4 Å². The topological polar surface area (TPSA) is 71.8 Å². The maximum atomic E-state index is 9.09. The molecule has 0 radical (unpaired) electrons. The molecule has 0 amide bonds. The molecule has 2 aromatic heterocycles. The Morgan fingerprint density at radius 2 is 2.16 bits per heavy atom. The highest BCUT2D eigenvalue weighted by atomic mass is 15.3. The summed E-state index contributed by atoms with van der Waals surface area (Å²) in [4.78, 5) is 16.8. The van der Waals surface area contributed by atoms with Gasteiger partial charge in [0.25, 0.3) is 0 Å². The number of aromatic nitrogens is 3. The van der Waals surface area contributed by atoms with Gasteiger partial charge < -0.3 is 14.8 Å². The van der Waals surface area contributed by atoms with Crippen LogP contribution in [0.5, 0.6) is 0 Å². The zero-order chi connectivity index (χ0) is 16.8. The Labute approximate surface area is 145 Å². The van der Waals surface area contributed by atoms with Crippen LogP contribution >= 0.6 is 0 Å². The number of hydrogen-bond acceptors (Lipinski definition) is 5. The summed E-state index contributed by atoms with van der Waals surface area (Å²) in [5.41, 5.74) is 4.24. The minimum Gasteiger partial charge on any atom is -0.366 e. The summed E-state index contributed by atoms with van der Waals surface area (Å²) in [5.74, 6) is 1.02. The number of benzene rings is 1. The van der Waals surface area contributed by atoms with Gasteiger partial charge in [0.1, 0.15) is 17.8 Å². The summed E-state index contributed by atoms with van der Waals surface area (Å²) in [6, 6.07) is 10.8. The molecular weight excluding hydrogens is 312 g/mol. The van der Waals surface area contributed by atoms with E-state index in [2.05, 4.69) is 36.9 Å². The van der Waals surface area contributed by atoms with Gasteiger partial charge in [0, 0.05) is 37.6 Å². The molecule has 6 heteroatoms. The van der Waals surface area contributed by atoms with E-state index in [-0.39, 0.29) is 0 Å². The number of rotatable bonds is 2. The van der Waals surface area contributed by atoms with Crippen LogP contribution in [0.4, 0.5) is 11.5 Å².